The van der Waals surface area contributed by atoms with Gasteiger partial charge in [-0.05, 0) is 125 Å². The fourth-order valence-electron chi connectivity index (χ4n) is 9.50. The first-order chi connectivity index (χ1) is 33.3. The highest BCUT2D eigenvalue weighted by atomic mass is 19.4. The van der Waals surface area contributed by atoms with Crippen molar-refractivity contribution in [1.82, 2.24) is 24.7 Å². The largest absolute Gasteiger partial charge is 0.488 e. The summed E-state index contributed by atoms with van der Waals surface area (Å²) in [4.78, 5) is 71.6. The van der Waals surface area contributed by atoms with Gasteiger partial charge < -0.3 is 28.3 Å². The van der Waals surface area contributed by atoms with Gasteiger partial charge in [0.25, 0.3) is 17.7 Å². The lowest BCUT2D eigenvalue weighted by atomic mass is 9.86. The molecule has 3 fully saturated rings. The van der Waals surface area contributed by atoms with Crippen molar-refractivity contribution in [3.63, 3.8) is 0 Å². The summed E-state index contributed by atoms with van der Waals surface area (Å²) in [5.41, 5.74) is 2.08. The Bertz CT molecular complexity index is 2480. The topological polar surface area (TPSA) is 180 Å². The second-order valence-electron chi connectivity index (χ2n) is 18.1. The van der Waals surface area contributed by atoms with Crippen LogP contribution in [0.3, 0.4) is 0 Å². The number of benzene rings is 3. The van der Waals surface area contributed by atoms with Crippen LogP contribution in [-0.2, 0) is 41.3 Å². The van der Waals surface area contributed by atoms with E-state index in [-0.39, 0.29) is 48.3 Å². The molecule has 2 N–H and O–H groups in total. The summed E-state index contributed by atoms with van der Waals surface area (Å²) in [6, 6.07) is 14.2. The molecular weight excluding hydrogens is 902 g/mol. The van der Waals surface area contributed by atoms with Gasteiger partial charge >= 0.3 is 6.18 Å². The number of fused-ring (bicyclic) bond motifs is 2. The monoisotopic (exact) mass is 960 g/mol. The first-order valence-electron chi connectivity index (χ1n) is 23.9. The molecule has 4 heterocycles. The number of ether oxygens (including phenoxy) is 5. The number of piperidine rings is 2. The predicted molar refractivity (Wildman–Crippen MR) is 246 cm³/mol. The lowest BCUT2D eigenvalue weighted by Crippen LogP contribution is -2.54. The molecule has 370 valence electrons. The summed E-state index contributed by atoms with van der Waals surface area (Å²) in [5.74, 6) is -1.89. The number of rotatable bonds is 21. The minimum atomic E-state index is -4.57. The molecule has 1 aliphatic carbocycles. The average Bonchev–Trinajstić information content (AvgIpc) is 3.81. The van der Waals surface area contributed by atoms with Gasteiger partial charge in [0.2, 0.25) is 17.8 Å². The molecule has 2 saturated heterocycles. The van der Waals surface area contributed by atoms with E-state index in [2.05, 4.69) is 32.2 Å². The number of aromatic nitrogens is 2. The molecule has 5 amide bonds. The molecule has 16 nitrogen and oxygen atoms in total. The van der Waals surface area contributed by atoms with Gasteiger partial charge in [-0.3, -0.25) is 44.4 Å². The van der Waals surface area contributed by atoms with Crippen molar-refractivity contribution in [2.24, 2.45) is 5.92 Å². The molecule has 2 unspecified atom stereocenters. The fourth-order valence-corrected chi connectivity index (χ4v) is 9.50. The number of carbonyl (C=O) groups excluding carboxylic acids is 5. The quantitative estimate of drug-likeness (QED) is 0.0649. The van der Waals surface area contributed by atoms with Crippen molar-refractivity contribution >= 4 is 46.5 Å². The van der Waals surface area contributed by atoms with Gasteiger partial charge in [0.1, 0.15) is 17.9 Å². The van der Waals surface area contributed by atoms with Gasteiger partial charge in [0.15, 0.2) is 0 Å². The Labute approximate surface area is 398 Å². The molecule has 0 radical (unpaired) electrons. The van der Waals surface area contributed by atoms with Crippen molar-refractivity contribution in [3.05, 3.63) is 88.5 Å². The molecule has 1 saturated carbocycles. The first-order valence-corrected chi connectivity index (χ1v) is 23.9. The minimum absolute atomic E-state index is 0.0296. The highest BCUT2D eigenvalue weighted by molar-refractivity contribution is 6.23. The lowest BCUT2D eigenvalue weighted by Gasteiger charge is -2.30. The zero-order valence-electron chi connectivity index (χ0n) is 38.7. The van der Waals surface area contributed by atoms with E-state index in [1.807, 2.05) is 13.0 Å². The number of imidazole rings is 1. The van der Waals surface area contributed by atoms with Crippen LogP contribution in [0.15, 0.2) is 60.7 Å². The second kappa shape index (κ2) is 22.8. The van der Waals surface area contributed by atoms with E-state index in [4.69, 9.17) is 28.7 Å². The number of hydrogen-bond donors (Lipinski definition) is 2. The van der Waals surface area contributed by atoms with Crippen molar-refractivity contribution in [2.75, 3.05) is 71.3 Å². The maximum absolute atomic E-state index is 13.5. The van der Waals surface area contributed by atoms with Crippen molar-refractivity contribution in [2.45, 2.75) is 95.6 Å². The van der Waals surface area contributed by atoms with E-state index < -0.39 is 47.3 Å². The maximum Gasteiger partial charge on any atom is 0.416 e. The third-order valence-electron chi connectivity index (χ3n) is 13.0. The van der Waals surface area contributed by atoms with Crippen LogP contribution in [0.25, 0.3) is 11.0 Å². The highest BCUT2D eigenvalue weighted by Gasteiger charge is 2.45. The lowest BCUT2D eigenvalue weighted by molar-refractivity contribution is -0.138. The van der Waals surface area contributed by atoms with Gasteiger partial charge in [-0.1, -0.05) is 18.6 Å². The maximum atomic E-state index is 13.5. The summed E-state index contributed by atoms with van der Waals surface area (Å²) < 4.78 is 71.4. The van der Waals surface area contributed by atoms with E-state index in [1.165, 1.54) is 43.5 Å². The Balaban J connectivity index is 0.713. The molecular formula is C50H59F3N6O10. The first kappa shape index (κ1) is 49.7. The number of alkyl halides is 3. The van der Waals surface area contributed by atoms with E-state index in [0.29, 0.717) is 63.9 Å². The minimum Gasteiger partial charge on any atom is -0.488 e. The van der Waals surface area contributed by atoms with Crippen LogP contribution in [0.4, 0.5) is 19.1 Å². The number of nitrogens with one attached hydrogen (secondary N) is 2. The second-order valence-corrected chi connectivity index (χ2v) is 18.1. The van der Waals surface area contributed by atoms with E-state index >= 15 is 0 Å². The van der Waals surface area contributed by atoms with E-state index in [9.17, 15) is 37.1 Å². The number of halogens is 3. The zero-order chi connectivity index (χ0) is 48.5. The number of carbonyl (C=O) groups is 5. The third-order valence-corrected chi connectivity index (χ3v) is 13.0. The number of likely N-dealkylation sites (tertiary alicyclic amines) is 1. The number of hydrogen-bond acceptors (Lipinski definition) is 12. The smallest absolute Gasteiger partial charge is 0.416 e. The predicted octanol–water partition coefficient (Wildman–Crippen LogP) is 6.96. The number of anilines is 1. The fraction of sp³-hybridized carbons (Fsp3) is 0.520. The summed E-state index contributed by atoms with van der Waals surface area (Å²) in [5, 5.41) is 5.04. The van der Waals surface area contributed by atoms with Gasteiger partial charge in [-0.25, -0.2) is 4.98 Å². The van der Waals surface area contributed by atoms with Crippen LogP contribution in [-0.4, -0.2) is 127 Å². The Morgan fingerprint density at radius 2 is 1.52 bits per heavy atom. The van der Waals surface area contributed by atoms with Crippen molar-refractivity contribution in [1.29, 1.82) is 0 Å². The van der Waals surface area contributed by atoms with Crippen LogP contribution < -0.4 is 15.4 Å². The molecule has 69 heavy (non-hydrogen) atoms. The molecule has 1 aromatic heterocycles. The summed E-state index contributed by atoms with van der Waals surface area (Å²) >= 11 is 0. The Morgan fingerprint density at radius 1 is 0.812 bits per heavy atom. The van der Waals surface area contributed by atoms with Crippen LogP contribution in [0.5, 0.6) is 5.75 Å². The normalized spacial score (nSPS) is 20.6. The Hall–Kier alpha value is -5.73. The molecule has 8 rings (SSSR count). The van der Waals surface area contributed by atoms with Crippen LogP contribution in [0.2, 0.25) is 0 Å². The highest BCUT2D eigenvalue weighted by Crippen LogP contribution is 2.38. The van der Waals surface area contributed by atoms with Crippen LogP contribution in [0.1, 0.15) is 113 Å². The Kier molecular flexibility index (Phi) is 16.4. The number of imide groups is 2. The molecule has 19 heteroatoms. The summed E-state index contributed by atoms with van der Waals surface area (Å²) in [7, 11) is 0. The zero-order valence-corrected chi connectivity index (χ0v) is 38.7. The molecule has 0 bridgehead atoms. The van der Waals surface area contributed by atoms with Gasteiger partial charge in [-0.15, -0.1) is 0 Å². The summed E-state index contributed by atoms with van der Waals surface area (Å²) in [6.45, 7) is 7.84. The number of nitrogens with zero attached hydrogens (tertiary/aromatic N) is 4. The standard InChI is InChI=1S/C50H59F3N6O10/c1-32(69-38-13-14-39-40(28-38)48(64)59(47(39)63)43-16-17-44(60)55-46(43)62)30-67-24-22-65-20-21-66-23-25-68-31-33-8-11-37(12-9-33)58-42-15-10-34(29-57-18-3-2-4-19-57)26-41(42)54-49(58)56-45(61)35-6-5-7-36(27-35)50(51,52)53/h5-7,10,13-15,26-28,32-33,37,43H,2-4,8-9,11-12,16-25,29-31H2,1H3,(H,54,56,61)(H,55,60,62)/t32?,33-,37+,43?. The van der Waals surface area contributed by atoms with E-state index in [1.54, 1.807) is 6.07 Å². The molecule has 4 aromatic rings. The number of amides is 5. The van der Waals surface area contributed by atoms with Crippen molar-refractivity contribution in [3.8, 4) is 5.75 Å². The molecule has 4 aliphatic rings. The van der Waals surface area contributed by atoms with Gasteiger partial charge in [0, 0.05) is 31.2 Å². The molecule has 3 aromatic carbocycles. The SMILES string of the molecule is CC(COCCOCCOCCOC[C@H]1CC[C@@H](n2c(NC(=O)c3cccc(C(F)(F)F)c3)nc3cc(CN4CCCCC4)ccc32)CC1)Oc1ccc2c(c1)C(=O)N(C1CCC(=O)NC1=O)C2=O. The van der Waals surface area contributed by atoms with Crippen molar-refractivity contribution < 1.29 is 60.8 Å². The average molecular weight is 961 g/mol. The van der Waals surface area contributed by atoms with Gasteiger partial charge in [-0.2, -0.15) is 13.2 Å². The van der Waals surface area contributed by atoms with Crippen LogP contribution in [0, 0.1) is 5.92 Å². The third kappa shape index (κ3) is 12.5. The molecule has 0 spiro atoms. The summed E-state index contributed by atoms with van der Waals surface area (Å²) in [6.07, 6.45) is 2.20. The van der Waals surface area contributed by atoms with E-state index in [0.717, 1.165) is 78.9 Å². The molecule has 2 atom stereocenters. The van der Waals surface area contributed by atoms with Gasteiger partial charge in [0.05, 0.1) is 74.0 Å². The van der Waals surface area contributed by atoms with Crippen LogP contribution >= 0.6 is 0 Å². The Morgan fingerprint density at radius 3 is 2.25 bits per heavy atom. The molecule has 3 aliphatic heterocycles.